The molecule has 1 unspecified atom stereocenters. The van der Waals surface area contributed by atoms with Crippen LogP contribution >= 0.6 is 0 Å². The molecule has 0 bridgehead atoms. The minimum atomic E-state index is -0.102. The van der Waals surface area contributed by atoms with Crippen LogP contribution < -0.4 is 5.32 Å². The third kappa shape index (κ3) is 4.33. The molecule has 5 nitrogen and oxygen atoms in total. The van der Waals surface area contributed by atoms with E-state index in [9.17, 15) is 4.79 Å². The van der Waals surface area contributed by atoms with Gasteiger partial charge in [0.2, 0.25) is 0 Å². The van der Waals surface area contributed by atoms with Gasteiger partial charge in [0.15, 0.2) is 0 Å². The molecule has 1 N–H and O–H groups in total. The lowest BCUT2D eigenvalue weighted by atomic mass is 10.0. The van der Waals surface area contributed by atoms with E-state index in [-0.39, 0.29) is 11.9 Å². The number of fused-ring (bicyclic) bond motifs is 1. The van der Waals surface area contributed by atoms with Crippen LogP contribution in [-0.2, 0) is 19.5 Å². The normalized spacial score (nSPS) is 15.7. The number of carbonyl (C=O) groups is 1. The molecule has 3 rings (SSSR count). The average molecular weight is 354 g/mol. The molecule has 1 aromatic carbocycles. The number of amides is 1. The highest BCUT2D eigenvalue weighted by Crippen LogP contribution is 2.17. The van der Waals surface area contributed by atoms with Gasteiger partial charge < -0.3 is 9.88 Å². The molecule has 0 fully saturated rings. The molecule has 5 heteroatoms. The molecule has 0 saturated carbocycles. The summed E-state index contributed by atoms with van der Waals surface area (Å²) in [5, 5.41) is 3.07. The zero-order valence-electron chi connectivity index (χ0n) is 16.3. The molecule has 2 heterocycles. The highest BCUT2D eigenvalue weighted by atomic mass is 16.2. The van der Waals surface area contributed by atoms with Gasteiger partial charge in [-0.3, -0.25) is 9.69 Å². The highest BCUT2D eigenvalue weighted by Gasteiger charge is 2.22. The van der Waals surface area contributed by atoms with Crippen molar-refractivity contribution in [2.45, 2.75) is 53.2 Å². The fourth-order valence-electron chi connectivity index (χ4n) is 3.48. The maximum Gasteiger partial charge on any atom is 0.271 e. The molecule has 2 aromatic rings. The third-order valence-electron chi connectivity index (χ3n) is 4.97. The predicted octanol–water partition coefficient (Wildman–Crippen LogP) is 3.41. The van der Waals surface area contributed by atoms with Crippen molar-refractivity contribution in [3.8, 4) is 0 Å². The Morgan fingerprint density at radius 2 is 1.92 bits per heavy atom. The van der Waals surface area contributed by atoms with Crippen molar-refractivity contribution in [2.75, 3.05) is 13.1 Å². The molecule has 1 aliphatic heterocycles. The van der Waals surface area contributed by atoms with Gasteiger partial charge in [0.25, 0.3) is 5.91 Å². The largest absolute Gasteiger partial charge is 0.344 e. The first-order valence-electron chi connectivity index (χ1n) is 9.64. The molecule has 26 heavy (non-hydrogen) atoms. The van der Waals surface area contributed by atoms with Crippen molar-refractivity contribution < 1.29 is 4.79 Å². The highest BCUT2D eigenvalue weighted by molar-refractivity contribution is 5.92. The minimum Gasteiger partial charge on any atom is -0.344 e. The first-order valence-corrected chi connectivity index (χ1v) is 9.64. The summed E-state index contributed by atoms with van der Waals surface area (Å²) in [6, 6.07) is 8.38. The quantitative estimate of drug-likeness (QED) is 0.865. The number of hydrogen-bond donors (Lipinski definition) is 1. The Bertz CT molecular complexity index is 748. The molecular weight excluding hydrogens is 324 g/mol. The molecule has 1 atom stereocenters. The number of rotatable bonds is 6. The molecule has 1 aromatic heterocycles. The zero-order valence-corrected chi connectivity index (χ0v) is 16.3. The van der Waals surface area contributed by atoms with Gasteiger partial charge in [-0.1, -0.05) is 45.0 Å². The van der Waals surface area contributed by atoms with E-state index in [1.165, 1.54) is 5.56 Å². The Morgan fingerprint density at radius 3 is 2.58 bits per heavy atom. The second-order valence-corrected chi connectivity index (χ2v) is 7.66. The molecule has 1 aliphatic rings. The van der Waals surface area contributed by atoms with Gasteiger partial charge in [0, 0.05) is 25.8 Å². The van der Waals surface area contributed by atoms with Crippen LogP contribution in [-0.4, -0.2) is 33.4 Å². The number of imidazole rings is 1. The van der Waals surface area contributed by atoms with Crippen LogP contribution in [0.25, 0.3) is 0 Å². The van der Waals surface area contributed by atoms with Crippen LogP contribution in [0, 0.1) is 5.92 Å². The number of aryl methyl sites for hydroxylation is 1. The fourth-order valence-corrected chi connectivity index (χ4v) is 3.48. The molecular formula is C21H30N4O. The van der Waals surface area contributed by atoms with Gasteiger partial charge in [0.1, 0.15) is 11.5 Å². The van der Waals surface area contributed by atoms with Crippen molar-refractivity contribution in [2.24, 2.45) is 5.92 Å². The monoisotopic (exact) mass is 354 g/mol. The lowest BCUT2D eigenvalue weighted by molar-refractivity contribution is 0.0935. The Balaban J connectivity index is 1.64. The smallest absolute Gasteiger partial charge is 0.271 e. The lowest BCUT2D eigenvalue weighted by Gasteiger charge is -2.28. The Hall–Kier alpha value is -2.14. The van der Waals surface area contributed by atoms with E-state index in [0.717, 1.165) is 44.0 Å². The van der Waals surface area contributed by atoms with Crippen LogP contribution in [0.4, 0.5) is 0 Å². The van der Waals surface area contributed by atoms with Crippen LogP contribution in [0.1, 0.15) is 61.2 Å². The van der Waals surface area contributed by atoms with E-state index >= 15 is 0 Å². The molecule has 0 spiro atoms. The Labute approximate surface area is 156 Å². The summed E-state index contributed by atoms with van der Waals surface area (Å²) in [5.41, 5.74) is 2.94. The van der Waals surface area contributed by atoms with Crippen molar-refractivity contribution >= 4 is 5.91 Å². The van der Waals surface area contributed by atoms with E-state index in [1.54, 1.807) is 0 Å². The van der Waals surface area contributed by atoms with Gasteiger partial charge in [-0.05, 0) is 30.4 Å². The second kappa shape index (κ2) is 8.04. The van der Waals surface area contributed by atoms with Crippen molar-refractivity contribution in [3.63, 3.8) is 0 Å². The van der Waals surface area contributed by atoms with Gasteiger partial charge >= 0.3 is 0 Å². The maximum atomic E-state index is 12.6. The predicted molar refractivity (Wildman–Crippen MR) is 104 cm³/mol. The Morgan fingerprint density at radius 1 is 1.19 bits per heavy atom. The van der Waals surface area contributed by atoms with Gasteiger partial charge in [0.05, 0.1) is 12.6 Å². The summed E-state index contributed by atoms with van der Waals surface area (Å²) in [5.74, 6) is 1.52. The maximum absolute atomic E-state index is 12.6. The topological polar surface area (TPSA) is 50.2 Å². The number of nitrogens with zero attached hydrogens (tertiary/aromatic N) is 3. The molecule has 0 radical (unpaired) electrons. The number of benzene rings is 1. The van der Waals surface area contributed by atoms with Crippen molar-refractivity contribution in [1.82, 2.24) is 19.8 Å². The Kier molecular flexibility index (Phi) is 5.77. The minimum absolute atomic E-state index is 0.0374. The summed E-state index contributed by atoms with van der Waals surface area (Å²) in [6.45, 7) is 12.4. The molecule has 0 aliphatic carbocycles. The number of nitrogens with one attached hydrogen (secondary N) is 1. The van der Waals surface area contributed by atoms with E-state index in [2.05, 4.69) is 64.8 Å². The van der Waals surface area contributed by atoms with Crippen molar-refractivity contribution in [3.05, 3.63) is 53.1 Å². The van der Waals surface area contributed by atoms with E-state index in [1.807, 2.05) is 13.1 Å². The molecule has 0 saturated heterocycles. The van der Waals surface area contributed by atoms with Crippen LogP contribution in [0.15, 0.2) is 30.5 Å². The lowest BCUT2D eigenvalue weighted by Crippen LogP contribution is -2.35. The molecule has 1 amide bonds. The summed E-state index contributed by atoms with van der Waals surface area (Å²) in [7, 11) is 0. The van der Waals surface area contributed by atoms with Crippen molar-refractivity contribution in [1.29, 1.82) is 0 Å². The molecule has 140 valence electrons. The number of carbonyl (C=O) groups excluding carboxylic acids is 1. The third-order valence-corrected chi connectivity index (χ3v) is 4.97. The zero-order chi connectivity index (χ0) is 18.7. The van der Waals surface area contributed by atoms with Gasteiger partial charge in [-0.25, -0.2) is 4.98 Å². The SMILES string of the molecule is CCc1ccc(C(C)NC(=O)c2cn3c(n2)CN(CC(C)C)CC3)cc1. The average Bonchev–Trinajstić information content (AvgIpc) is 3.04. The summed E-state index contributed by atoms with van der Waals surface area (Å²) in [4.78, 5) is 19.6. The van der Waals surface area contributed by atoms with Crippen LogP contribution in [0.5, 0.6) is 0 Å². The van der Waals surface area contributed by atoms with E-state index in [0.29, 0.717) is 11.6 Å². The summed E-state index contributed by atoms with van der Waals surface area (Å²) < 4.78 is 2.12. The number of hydrogen-bond acceptors (Lipinski definition) is 3. The van der Waals surface area contributed by atoms with E-state index < -0.39 is 0 Å². The van der Waals surface area contributed by atoms with Gasteiger partial charge in [-0.2, -0.15) is 0 Å². The first kappa shape index (κ1) is 18.6. The van der Waals surface area contributed by atoms with Gasteiger partial charge in [-0.15, -0.1) is 0 Å². The summed E-state index contributed by atoms with van der Waals surface area (Å²) in [6.07, 6.45) is 2.92. The number of aromatic nitrogens is 2. The second-order valence-electron chi connectivity index (χ2n) is 7.66. The van der Waals surface area contributed by atoms with Crippen LogP contribution in [0.3, 0.4) is 0 Å². The summed E-state index contributed by atoms with van der Waals surface area (Å²) >= 11 is 0. The fraction of sp³-hybridized carbons (Fsp3) is 0.524. The van der Waals surface area contributed by atoms with Crippen LogP contribution in [0.2, 0.25) is 0 Å². The standard InChI is InChI=1S/C21H30N4O/c1-5-17-6-8-18(9-7-17)16(4)22-21(26)19-13-25-11-10-24(12-15(2)3)14-20(25)23-19/h6-9,13,15-16H,5,10-12,14H2,1-4H3,(H,22,26). The first-order chi connectivity index (χ1) is 12.5. The van der Waals surface area contributed by atoms with E-state index in [4.69, 9.17) is 0 Å².